The van der Waals surface area contributed by atoms with E-state index in [0.717, 1.165) is 73.9 Å². The lowest BCUT2D eigenvalue weighted by atomic mass is 9.89. The second kappa shape index (κ2) is 17.7. The van der Waals surface area contributed by atoms with Crippen molar-refractivity contribution in [1.82, 2.24) is 19.7 Å². The number of unbranched alkanes of at least 4 members (excludes halogenated alkanes) is 3. The fourth-order valence-electron chi connectivity index (χ4n) is 7.46. The minimum Gasteiger partial charge on any atom is -0.494 e. The average Bonchev–Trinajstić information content (AvgIpc) is 3.50. The second-order valence-corrected chi connectivity index (χ2v) is 15.0. The Kier molecular flexibility index (Phi) is 12.9. The third kappa shape index (κ3) is 9.48. The number of H-pyrrole nitrogens is 1. The standard InChI is InChI=1S/C41H52Cl2N4O3/c1-3-30-10-8-24-46(29-30)25-9-23-45(2)22-6-4-5-7-27-49-34-16-11-31(12-17-34)40-39-36(37-28-33(43)15-20-38(37)44-39)21-26-47(40)41(48)50-35-18-13-32(42)14-19-35/h8,11-20,24,30,33,40,44H,3-7,9-10,21-23,25-29H2,1-2H3. The number of hydrogen-bond acceptors (Lipinski definition) is 5. The minimum atomic E-state index is -0.396. The number of aromatic nitrogens is 1. The van der Waals surface area contributed by atoms with E-state index < -0.39 is 6.09 Å². The summed E-state index contributed by atoms with van der Waals surface area (Å²) in [6, 6.07) is 14.7. The fraction of sp³-hybridized carbons (Fsp3) is 0.488. The molecule has 1 aromatic heterocycles. The maximum atomic E-state index is 13.6. The van der Waals surface area contributed by atoms with E-state index in [1.54, 1.807) is 24.3 Å². The number of carbonyl (C=O) groups is 1. The number of halogens is 2. The third-order valence-corrected chi connectivity index (χ3v) is 10.9. The normalized spacial score (nSPS) is 19.8. The summed E-state index contributed by atoms with van der Waals surface area (Å²) in [6.07, 6.45) is 18.2. The summed E-state index contributed by atoms with van der Waals surface area (Å²) in [5.74, 6) is 2.13. The molecule has 1 N–H and O–H groups in total. The van der Waals surface area contributed by atoms with E-state index in [9.17, 15) is 4.79 Å². The SMILES string of the molecule is CCC1CC=CN(CCCN(C)CCCCCCOc2ccc(C3c4[nH]c5c(c4CCN3C(=O)Oc3ccc(Cl)cc3)CC(Cl)C=C5)cc2)C1. The number of nitrogens with zero attached hydrogens (tertiary/aromatic N) is 3. The second-order valence-electron chi connectivity index (χ2n) is 14.0. The smallest absolute Gasteiger partial charge is 0.416 e. The minimum absolute atomic E-state index is 0.0299. The van der Waals surface area contributed by atoms with Crippen LogP contribution in [-0.2, 0) is 12.8 Å². The number of fused-ring (bicyclic) bond motifs is 3. The van der Waals surface area contributed by atoms with Gasteiger partial charge in [0, 0.05) is 36.0 Å². The first-order valence-electron chi connectivity index (χ1n) is 18.5. The Hall–Kier alpha value is -3.39. The lowest BCUT2D eigenvalue weighted by molar-refractivity contribution is 0.135. The molecule has 1 amide bonds. The molecule has 3 heterocycles. The summed E-state index contributed by atoms with van der Waals surface area (Å²) in [6.45, 7) is 8.21. The van der Waals surface area contributed by atoms with Crippen molar-refractivity contribution in [2.45, 2.75) is 76.1 Å². The van der Waals surface area contributed by atoms with Gasteiger partial charge >= 0.3 is 6.09 Å². The number of rotatable bonds is 15. The molecule has 3 unspecified atom stereocenters. The molecule has 0 saturated heterocycles. The summed E-state index contributed by atoms with van der Waals surface area (Å²) in [7, 11) is 2.25. The molecular weight excluding hydrogens is 667 g/mol. The van der Waals surface area contributed by atoms with Crippen molar-refractivity contribution in [3.8, 4) is 11.5 Å². The van der Waals surface area contributed by atoms with E-state index in [0.29, 0.717) is 23.9 Å². The Morgan fingerprint density at radius 3 is 2.54 bits per heavy atom. The number of benzene rings is 2. The van der Waals surface area contributed by atoms with Gasteiger partial charge in [-0.15, -0.1) is 11.6 Å². The molecule has 0 radical (unpaired) electrons. The summed E-state index contributed by atoms with van der Waals surface area (Å²) in [5, 5.41) is 0.563. The molecule has 3 atom stereocenters. The van der Waals surface area contributed by atoms with Crippen LogP contribution in [0, 0.1) is 5.92 Å². The maximum Gasteiger partial charge on any atom is 0.416 e. The van der Waals surface area contributed by atoms with Crippen LogP contribution in [0.15, 0.2) is 66.9 Å². The molecule has 3 aromatic rings. The molecule has 3 aliphatic rings. The molecule has 0 fully saturated rings. The highest BCUT2D eigenvalue weighted by molar-refractivity contribution is 6.30. The molecule has 7 nitrogen and oxygen atoms in total. The van der Waals surface area contributed by atoms with Gasteiger partial charge in [-0.05, 0) is 130 Å². The molecule has 50 heavy (non-hydrogen) atoms. The Morgan fingerprint density at radius 2 is 1.74 bits per heavy atom. The van der Waals surface area contributed by atoms with Crippen LogP contribution in [0.2, 0.25) is 5.02 Å². The van der Waals surface area contributed by atoms with Crippen molar-refractivity contribution in [1.29, 1.82) is 0 Å². The van der Waals surface area contributed by atoms with Gasteiger partial charge in [0.15, 0.2) is 0 Å². The van der Waals surface area contributed by atoms with Crippen molar-refractivity contribution in [2.24, 2.45) is 5.92 Å². The van der Waals surface area contributed by atoms with E-state index in [1.165, 1.54) is 49.8 Å². The van der Waals surface area contributed by atoms with E-state index >= 15 is 0 Å². The molecule has 0 bridgehead atoms. The highest BCUT2D eigenvalue weighted by Gasteiger charge is 2.37. The molecule has 2 aromatic carbocycles. The lowest BCUT2D eigenvalue weighted by Gasteiger charge is -2.35. The molecule has 2 aliphatic heterocycles. The number of hydrogen-bond donors (Lipinski definition) is 1. The summed E-state index contributed by atoms with van der Waals surface area (Å²) >= 11 is 12.6. The number of carbonyl (C=O) groups excluding carboxylic acids is 1. The largest absolute Gasteiger partial charge is 0.494 e. The number of ether oxygens (including phenoxy) is 2. The van der Waals surface area contributed by atoms with Crippen LogP contribution >= 0.6 is 23.2 Å². The predicted octanol–water partition coefficient (Wildman–Crippen LogP) is 9.50. The highest BCUT2D eigenvalue weighted by Crippen LogP contribution is 2.40. The summed E-state index contributed by atoms with van der Waals surface area (Å²) < 4.78 is 12.0. The van der Waals surface area contributed by atoms with Crippen molar-refractivity contribution < 1.29 is 14.3 Å². The Morgan fingerprint density at radius 1 is 0.980 bits per heavy atom. The van der Waals surface area contributed by atoms with Crippen LogP contribution < -0.4 is 9.47 Å². The first-order valence-corrected chi connectivity index (χ1v) is 19.3. The molecule has 0 saturated carbocycles. The van der Waals surface area contributed by atoms with Crippen LogP contribution in [0.25, 0.3) is 6.08 Å². The Labute approximate surface area is 308 Å². The van der Waals surface area contributed by atoms with Crippen molar-refractivity contribution >= 4 is 35.4 Å². The number of allylic oxidation sites excluding steroid dienone is 2. The topological polar surface area (TPSA) is 61.0 Å². The van der Waals surface area contributed by atoms with Gasteiger partial charge in [0.2, 0.25) is 0 Å². The molecule has 1 aliphatic carbocycles. The molecule has 0 spiro atoms. The molecule has 6 rings (SSSR count). The molecular formula is C41H52Cl2N4O3. The van der Waals surface area contributed by atoms with E-state index in [1.807, 2.05) is 23.1 Å². The number of alkyl halides is 1. The first-order chi connectivity index (χ1) is 24.4. The molecule has 268 valence electrons. The summed E-state index contributed by atoms with van der Waals surface area (Å²) in [5.41, 5.74) is 5.60. The maximum absolute atomic E-state index is 13.6. The van der Waals surface area contributed by atoms with Gasteiger partial charge in [-0.25, -0.2) is 4.79 Å². The Bertz CT molecular complexity index is 1600. The van der Waals surface area contributed by atoms with Crippen LogP contribution in [0.5, 0.6) is 11.5 Å². The van der Waals surface area contributed by atoms with Gasteiger partial charge in [-0.1, -0.05) is 62.1 Å². The van der Waals surface area contributed by atoms with Crippen LogP contribution in [0.4, 0.5) is 4.79 Å². The first kappa shape index (κ1) is 36.4. The van der Waals surface area contributed by atoms with Crippen molar-refractivity contribution in [3.63, 3.8) is 0 Å². The lowest BCUT2D eigenvalue weighted by Crippen LogP contribution is -2.42. The van der Waals surface area contributed by atoms with Crippen LogP contribution in [0.3, 0.4) is 0 Å². The van der Waals surface area contributed by atoms with Gasteiger partial charge in [0.1, 0.15) is 17.5 Å². The van der Waals surface area contributed by atoms with E-state index in [2.05, 4.69) is 59.2 Å². The van der Waals surface area contributed by atoms with Crippen molar-refractivity contribution in [3.05, 3.63) is 100.0 Å². The zero-order valence-electron chi connectivity index (χ0n) is 29.6. The molecule has 9 heteroatoms. The quantitative estimate of drug-likeness (QED) is 0.125. The zero-order chi connectivity index (χ0) is 34.9. The number of amides is 1. The fourth-order valence-corrected chi connectivity index (χ4v) is 7.81. The van der Waals surface area contributed by atoms with E-state index in [4.69, 9.17) is 32.7 Å². The summed E-state index contributed by atoms with van der Waals surface area (Å²) in [4.78, 5) is 24.0. The van der Waals surface area contributed by atoms with Crippen LogP contribution in [0.1, 0.15) is 86.0 Å². The Balaban J connectivity index is 0.979. The number of aromatic amines is 1. The van der Waals surface area contributed by atoms with Gasteiger partial charge in [0.05, 0.1) is 12.0 Å². The average molecular weight is 720 g/mol. The van der Waals surface area contributed by atoms with Gasteiger partial charge in [-0.3, -0.25) is 4.90 Å². The van der Waals surface area contributed by atoms with Gasteiger partial charge < -0.3 is 24.3 Å². The monoisotopic (exact) mass is 718 g/mol. The van der Waals surface area contributed by atoms with E-state index in [-0.39, 0.29) is 11.4 Å². The highest BCUT2D eigenvalue weighted by atomic mass is 35.5. The van der Waals surface area contributed by atoms with Crippen LogP contribution in [-0.4, -0.2) is 77.5 Å². The van der Waals surface area contributed by atoms with Crippen molar-refractivity contribution in [2.75, 3.05) is 46.4 Å². The predicted molar refractivity (Wildman–Crippen MR) is 205 cm³/mol. The zero-order valence-corrected chi connectivity index (χ0v) is 31.1. The number of nitrogens with one attached hydrogen (secondary N) is 1. The van der Waals surface area contributed by atoms with Gasteiger partial charge in [0.25, 0.3) is 0 Å². The van der Waals surface area contributed by atoms with Gasteiger partial charge in [-0.2, -0.15) is 0 Å². The third-order valence-electron chi connectivity index (χ3n) is 10.3.